The number of piperidine rings is 1. The van der Waals surface area contributed by atoms with Crippen LogP contribution < -0.4 is 9.47 Å². The first kappa shape index (κ1) is 13.5. The Morgan fingerprint density at radius 3 is 2.42 bits per heavy atom. The number of carbonyl (C=O) groups is 1. The van der Waals surface area contributed by atoms with Gasteiger partial charge in [0.25, 0.3) is 5.91 Å². The lowest BCUT2D eigenvalue weighted by Crippen LogP contribution is -2.35. The molecule has 1 fully saturated rings. The molecule has 0 atom stereocenters. The maximum Gasteiger partial charge on any atom is 0.261 e. The van der Waals surface area contributed by atoms with Crippen LogP contribution in [-0.2, 0) is 0 Å². The summed E-state index contributed by atoms with van der Waals surface area (Å²) in [5.74, 6) is 0.514. The number of hydrogen-bond donors (Lipinski definition) is 1. The highest BCUT2D eigenvalue weighted by atomic mass is 16.5. The van der Waals surface area contributed by atoms with Crippen molar-refractivity contribution in [1.82, 2.24) is 4.90 Å². The van der Waals surface area contributed by atoms with E-state index in [1.807, 2.05) is 0 Å². The van der Waals surface area contributed by atoms with Crippen LogP contribution in [0.2, 0.25) is 0 Å². The van der Waals surface area contributed by atoms with Gasteiger partial charge in [0, 0.05) is 25.2 Å². The molecule has 1 aliphatic rings. The Balaban J connectivity index is 2.34. The number of hydrogen-bond acceptors (Lipinski definition) is 4. The van der Waals surface area contributed by atoms with Crippen molar-refractivity contribution in [1.29, 1.82) is 0 Å². The summed E-state index contributed by atoms with van der Waals surface area (Å²) in [7, 11) is 2.97. The highest BCUT2D eigenvalue weighted by Gasteiger charge is 2.25. The predicted octanol–water partition coefficient (Wildman–Crippen LogP) is 2.04. The number of phenols is 1. The fourth-order valence-corrected chi connectivity index (χ4v) is 2.33. The zero-order valence-electron chi connectivity index (χ0n) is 11.3. The lowest BCUT2D eigenvalue weighted by atomic mass is 10.1. The van der Waals surface area contributed by atoms with Gasteiger partial charge < -0.3 is 19.5 Å². The van der Waals surface area contributed by atoms with Gasteiger partial charge in [-0.15, -0.1) is 0 Å². The van der Waals surface area contributed by atoms with Gasteiger partial charge in [-0.2, -0.15) is 0 Å². The summed E-state index contributed by atoms with van der Waals surface area (Å²) in [6.07, 6.45) is 3.16. The molecule has 1 aromatic carbocycles. The van der Waals surface area contributed by atoms with Crippen LogP contribution in [0.4, 0.5) is 0 Å². The van der Waals surface area contributed by atoms with Gasteiger partial charge in [0.1, 0.15) is 22.8 Å². The molecular weight excluding hydrogens is 246 g/mol. The maximum absolute atomic E-state index is 12.4. The second-order valence-corrected chi connectivity index (χ2v) is 4.58. The number of carbonyl (C=O) groups excluding carboxylic acids is 1. The molecule has 1 aliphatic heterocycles. The van der Waals surface area contributed by atoms with Crippen molar-refractivity contribution < 1.29 is 19.4 Å². The number of methoxy groups -OCH3 is 2. The zero-order chi connectivity index (χ0) is 13.8. The average molecular weight is 265 g/mol. The minimum absolute atomic E-state index is 0.105. The third kappa shape index (κ3) is 2.75. The number of likely N-dealkylation sites (tertiary alicyclic amines) is 1. The summed E-state index contributed by atoms with van der Waals surface area (Å²) >= 11 is 0. The molecule has 5 nitrogen and oxygen atoms in total. The smallest absolute Gasteiger partial charge is 0.261 e. The monoisotopic (exact) mass is 265 g/mol. The quantitative estimate of drug-likeness (QED) is 0.908. The Labute approximate surface area is 112 Å². The molecule has 1 saturated heterocycles. The molecule has 1 heterocycles. The van der Waals surface area contributed by atoms with Crippen molar-refractivity contribution in [3.63, 3.8) is 0 Å². The molecule has 0 unspecified atom stereocenters. The fraction of sp³-hybridized carbons (Fsp3) is 0.500. The number of rotatable bonds is 3. The van der Waals surface area contributed by atoms with Crippen molar-refractivity contribution in [2.75, 3.05) is 27.3 Å². The third-order valence-electron chi connectivity index (χ3n) is 3.37. The molecule has 19 heavy (non-hydrogen) atoms. The molecule has 0 radical (unpaired) electrons. The first-order chi connectivity index (χ1) is 9.17. The average Bonchev–Trinajstić information content (AvgIpc) is 2.46. The summed E-state index contributed by atoms with van der Waals surface area (Å²) in [5, 5.41) is 10.0. The first-order valence-corrected chi connectivity index (χ1v) is 6.41. The Morgan fingerprint density at radius 2 is 1.84 bits per heavy atom. The van der Waals surface area contributed by atoms with Gasteiger partial charge >= 0.3 is 0 Å². The van der Waals surface area contributed by atoms with E-state index in [9.17, 15) is 9.90 Å². The van der Waals surface area contributed by atoms with Crippen molar-refractivity contribution in [2.45, 2.75) is 19.3 Å². The second kappa shape index (κ2) is 5.82. The summed E-state index contributed by atoms with van der Waals surface area (Å²) in [6, 6.07) is 3.04. The molecule has 0 aliphatic carbocycles. The van der Waals surface area contributed by atoms with Crippen molar-refractivity contribution in [3.05, 3.63) is 17.7 Å². The maximum atomic E-state index is 12.4. The molecule has 0 saturated carbocycles. The van der Waals surface area contributed by atoms with Crippen LogP contribution in [0.25, 0.3) is 0 Å². The molecule has 0 bridgehead atoms. The molecule has 1 amide bonds. The number of aromatic hydroxyl groups is 1. The molecule has 0 spiro atoms. The topological polar surface area (TPSA) is 59.0 Å². The molecule has 2 rings (SSSR count). The SMILES string of the molecule is COc1cc(O)c(C(=O)N2CCCCC2)c(OC)c1. The van der Waals surface area contributed by atoms with Crippen LogP contribution in [0.15, 0.2) is 12.1 Å². The van der Waals surface area contributed by atoms with E-state index in [2.05, 4.69) is 0 Å². The molecule has 1 N–H and O–H groups in total. The van der Waals surface area contributed by atoms with E-state index >= 15 is 0 Å². The van der Waals surface area contributed by atoms with Crippen LogP contribution in [0.1, 0.15) is 29.6 Å². The molecule has 1 aromatic rings. The molecule has 0 aromatic heterocycles. The zero-order valence-corrected chi connectivity index (χ0v) is 11.3. The van der Waals surface area contributed by atoms with E-state index in [-0.39, 0.29) is 17.2 Å². The van der Waals surface area contributed by atoms with Crippen LogP contribution in [-0.4, -0.2) is 43.2 Å². The standard InChI is InChI=1S/C14H19NO4/c1-18-10-8-11(16)13(12(9-10)19-2)14(17)15-6-4-3-5-7-15/h8-9,16H,3-7H2,1-2H3. The van der Waals surface area contributed by atoms with Gasteiger partial charge in [-0.1, -0.05) is 0 Å². The van der Waals surface area contributed by atoms with Gasteiger partial charge in [0.05, 0.1) is 14.2 Å². The number of phenolic OH excluding ortho intramolecular Hbond substituents is 1. The number of benzene rings is 1. The number of nitrogens with zero attached hydrogens (tertiary/aromatic N) is 1. The van der Waals surface area contributed by atoms with Gasteiger partial charge in [-0.25, -0.2) is 0 Å². The van der Waals surface area contributed by atoms with Crippen LogP contribution >= 0.6 is 0 Å². The Morgan fingerprint density at radius 1 is 1.16 bits per heavy atom. The van der Waals surface area contributed by atoms with Crippen LogP contribution in [0.3, 0.4) is 0 Å². The first-order valence-electron chi connectivity index (χ1n) is 6.41. The lowest BCUT2D eigenvalue weighted by Gasteiger charge is -2.27. The lowest BCUT2D eigenvalue weighted by molar-refractivity contribution is 0.0717. The van der Waals surface area contributed by atoms with E-state index in [4.69, 9.17) is 9.47 Å². The Kier molecular flexibility index (Phi) is 4.14. The van der Waals surface area contributed by atoms with Gasteiger partial charge in [0.15, 0.2) is 0 Å². The predicted molar refractivity (Wildman–Crippen MR) is 71.0 cm³/mol. The molecule has 5 heteroatoms. The summed E-state index contributed by atoms with van der Waals surface area (Å²) in [4.78, 5) is 14.2. The van der Waals surface area contributed by atoms with Crippen molar-refractivity contribution >= 4 is 5.91 Å². The van der Waals surface area contributed by atoms with Gasteiger partial charge in [0.2, 0.25) is 0 Å². The summed E-state index contributed by atoms with van der Waals surface area (Å²) < 4.78 is 10.2. The highest BCUT2D eigenvalue weighted by molar-refractivity contribution is 6.00. The van der Waals surface area contributed by atoms with Crippen molar-refractivity contribution in [2.24, 2.45) is 0 Å². The number of ether oxygens (including phenoxy) is 2. The normalized spacial score (nSPS) is 15.2. The summed E-state index contributed by atoms with van der Waals surface area (Å²) in [5.41, 5.74) is 0.213. The Hall–Kier alpha value is -1.91. The van der Waals surface area contributed by atoms with Crippen LogP contribution in [0, 0.1) is 0 Å². The second-order valence-electron chi connectivity index (χ2n) is 4.58. The van der Waals surface area contributed by atoms with E-state index in [0.717, 1.165) is 32.4 Å². The minimum Gasteiger partial charge on any atom is -0.507 e. The largest absolute Gasteiger partial charge is 0.507 e. The fourth-order valence-electron chi connectivity index (χ4n) is 2.33. The minimum atomic E-state index is -0.184. The molecule has 104 valence electrons. The van der Waals surface area contributed by atoms with E-state index in [0.29, 0.717) is 11.5 Å². The van der Waals surface area contributed by atoms with Gasteiger partial charge in [-0.05, 0) is 19.3 Å². The number of amides is 1. The highest BCUT2D eigenvalue weighted by Crippen LogP contribution is 2.34. The Bertz CT molecular complexity index is 467. The van der Waals surface area contributed by atoms with Gasteiger partial charge in [-0.3, -0.25) is 4.79 Å². The third-order valence-corrected chi connectivity index (χ3v) is 3.37. The van der Waals surface area contributed by atoms with E-state index in [1.165, 1.54) is 20.3 Å². The molecular formula is C14H19NO4. The summed E-state index contributed by atoms with van der Waals surface area (Å²) in [6.45, 7) is 1.46. The van der Waals surface area contributed by atoms with Crippen LogP contribution in [0.5, 0.6) is 17.2 Å². The van der Waals surface area contributed by atoms with Crippen molar-refractivity contribution in [3.8, 4) is 17.2 Å². The van der Waals surface area contributed by atoms with E-state index in [1.54, 1.807) is 11.0 Å². The van der Waals surface area contributed by atoms with E-state index < -0.39 is 0 Å².